The molecule has 1 aliphatic heterocycles. The van der Waals surface area contributed by atoms with Crippen molar-refractivity contribution in [3.63, 3.8) is 0 Å². The number of nitrogens with one attached hydrogen (secondary N) is 3. The van der Waals surface area contributed by atoms with Crippen LogP contribution in [0.25, 0.3) is 6.08 Å². The molecule has 2 amide bonds. The number of carbonyl (C=O) groups excluding carboxylic acids is 2. The van der Waals surface area contributed by atoms with Crippen molar-refractivity contribution in [3.05, 3.63) is 24.3 Å². The molecular weight excluding hydrogens is 310 g/mol. The van der Waals surface area contributed by atoms with E-state index in [1.807, 2.05) is 4.90 Å². The molecule has 8 heteroatoms. The predicted octanol–water partition coefficient (Wildman–Crippen LogP) is -0.747. The van der Waals surface area contributed by atoms with Gasteiger partial charge in [0.1, 0.15) is 0 Å². The molecule has 0 bridgehead atoms. The topological polar surface area (TPSA) is 110 Å². The maximum Gasteiger partial charge on any atom is 0.244 e. The van der Waals surface area contributed by atoms with Gasteiger partial charge in [-0.3, -0.25) is 14.5 Å². The molecule has 130 valence electrons. The zero-order valence-corrected chi connectivity index (χ0v) is 13.4. The lowest BCUT2D eigenvalue weighted by Gasteiger charge is -2.42. The van der Waals surface area contributed by atoms with Crippen LogP contribution in [0.3, 0.4) is 0 Å². The molecule has 1 aliphatic carbocycles. The first kappa shape index (κ1) is 16.7. The average Bonchev–Trinajstić information content (AvgIpc) is 3.08. The first-order valence-corrected chi connectivity index (χ1v) is 8.29. The van der Waals surface area contributed by atoms with E-state index in [0.29, 0.717) is 13.1 Å². The van der Waals surface area contributed by atoms with Gasteiger partial charge in [0.05, 0.1) is 36.9 Å². The summed E-state index contributed by atoms with van der Waals surface area (Å²) >= 11 is 0. The predicted molar refractivity (Wildman–Crippen MR) is 87.8 cm³/mol. The van der Waals surface area contributed by atoms with E-state index >= 15 is 0 Å². The van der Waals surface area contributed by atoms with E-state index in [9.17, 15) is 14.7 Å². The van der Waals surface area contributed by atoms with Crippen molar-refractivity contribution < 1.29 is 14.7 Å². The van der Waals surface area contributed by atoms with Crippen molar-refractivity contribution >= 4 is 17.9 Å². The minimum atomic E-state index is -0.672. The fourth-order valence-electron chi connectivity index (χ4n) is 3.41. The SMILES string of the molecule is O=C(C=Cc1cnc[nH]1)N[C@@H]1CCC[C@@H](N2CCNC(=O)C2)[C@@H]1O. The summed E-state index contributed by atoms with van der Waals surface area (Å²) in [6.07, 6.45) is 8.05. The standard InChI is InChI=1S/C16H23N5O3/c22-14(5-4-11-8-17-10-19-11)20-12-2-1-3-13(16(12)24)21-7-6-18-15(23)9-21/h4-5,8,10,12-13,16,24H,1-3,6-7,9H2,(H,17,19)(H,18,23)(H,20,22)/t12-,13-,16-/m1/s1. The maximum absolute atomic E-state index is 12.1. The zero-order chi connectivity index (χ0) is 16.9. The highest BCUT2D eigenvalue weighted by molar-refractivity contribution is 5.91. The normalized spacial score (nSPS) is 28.7. The number of piperazine rings is 1. The second kappa shape index (κ2) is 7.59. The second-order valence-corrected chi connectivity index (χ2v) is 6.26. The lowest BCUT2D eigenvalue weighted by atomic mass is 9.86. The molecule has 4 N–H and O–H groups in total. The van der Waals surface area contributed by atoms with E-state index in [4.69, 9.17) is 0 Å². The summed E-state index contributed by atoms with van der Waals surface area (Å²) in [5, 5.41) is 16.3. The third kappa shape index (κ3) is 4.01. The second-order valence-electron chi connectivity index (χ2n) is 6.26. The summed E-state index contributed by atoms with van der Waals surface area (Å²) in [4.78, 5) is 32.4. The number of amides is 2. The Labute approximate surface area is 140 Å². The van der Waals surface area contributed by atoms with Gasteiger partial charge < -0.3 is 20.7 Å². The van der Waals surface area contributed by atoms with Gasteiger partial charge >= 0.3 is 0 Å². The molecule has 0 spiro atoms. The van der Waals surface area contributed by atoms with E-state index < -0.39 is 6.10 Å². The van der Waals surface area contributed by atoms with Crippen LogP contribution < -0.4 is 10.6 Å². The van der Waals surface area contributed by atoms with Gasteiger partial charge in [0.15, 0.2) is 0 Å². The monoisotopic (exact) mass is 333 g/mol. The minimum Gasteiger partial charge on any atom is -0.389 e. The molecule has 1 saturated carbocycles. The summed E-state index contributed by atoms with van der Waals surface area (Å²) < 4.78 is 0. The van der Waals surface area contributed by atoms with Crippen molar-refractivity contribution in [1.29, 1.82) is 0 Å². The van der Waals surface area contributed by atoms with Crippen LogP contribution in [0.5, 0.6) is 0 Å². The largest absolute Gasteiger partial charge is 0.389 e. The van der Waals surface area contributed by atoms with Crippen LogP contribution in [0.4, 0.5) is 0 Å². The maximum atomic E-state index is 12.1. The molecule has 2 fully saturated rings. The third-order valence-corrected chi connectivity index (χ3v) is 4.62. The fourth-order valence-corrected chi connectivity index (χ4v) is 3.41. The van der Waals surface area contributed by atoms with Crippen molar-refractivity contribution in [3.8, 4) is 0 Å². The summed E-state index contributed by atoms with van der Waals surface area (Å²) in [6, 6.07) is -0.389. The average molecular weight is 333 g/mol. The van der Waals surface area contributed by atoms with Gasteiger partial charge in [0.2, 0.25) is 11.8 Å². The Morgan fingerprint density at radius 2 is 2.33 bits per heavy atom. The first-order valence-electron chi connectivity index (χ1n) is 8.29. The first-order chi connectivity index (χ1) is 11.6. The van der Waals surface area contributed by atoms with Crippen molar-refractivity contribution in [2.24, 2.45) is 0 Å². The number of aromatic amines is 1. The van der Waals surface area contributed by atoms with Crippen LogP contribution >= 0.6 is 0 Å². The van der Waals surface area contributed by atoms with E-state index in [1.54, 1.807) is 18.6 Å². The molecule has 3 rings (SSSR count). The molecule has 2 aliphatic rings. The fraction of sp³-hybridized carbons (Fsp3) is 0.562. The van der Waals surface area contributed by atoms with E-state index in [2.05, 4.69) is 20.6 Å². The zero-order valence-electron chi connectivity index (χ0n) is 13.4. The Bertz CT molecular complexity index is 601. The Balaban J connectivity index is 1.57. The minimum absolute atomic E-state index is 0.0119. The smallest absolute Gasteiger partial charge is 0.244 e. The van der Waals surface area contributed by atoms with Crippen molar-refractivity contribution in [1.82, 2.24) is 25.5 Å². The molecule has 0 radical (unpaired) electrons. The number of aliphatic hydroxyl groups excluding tert-OH is 1. The lowest BCUT2D eigenvalue weighted by Crippen LogP contribution is -2.60. The van der Waals surface area contributed by atoms with Crippen LogP contribution in [0.1, 0.15) is 25.0 Å². The molecular formula is C16H23N5O3. The highest BCUT2D eigenvalue weighted by Crippen LogP contribution is 2.24. The van der Waals surface area contributed by atoms with E-state index in [-0.39, 0.29) is 23.9 Å². The molecule has 2 heterocycles. The number of imidazole rings is 1. The van der Waals surface area contributed by atoms with Crippen LogP contribution in [0.2, 0.25) is 0 Å². The number of nitrogens with zero attached hydrogens (tertiary/aromatic N) is 2. The summed E-state index contributed by atoms with van der Waals surface area (Å²) in [5.74, 6) is -0.257. The third-order valence-electron chi connectivity index (χ3n) is 4.62. The van der Waals surface area contributed by atoms with Crippen molar-refractivity contribution in [2.45, 2.75) is 37.5 Å². The molecule has 1 aromatic heterocycles. The number of aromatic nitrogens is 2. The van der Waals surface area contributed by atoms with Gasteiger partial charge in [-0.1, -0.05) is 0 Å². The summed E-state index contributed by atoms with van der Waals surface area (Å²) in [6.45, 7) is 1.64. The molecule has 1 aromatic rings. The van der Waals surface area contributed by atoms with Gasteiger partial charge in [-0.15, -0.1) is 0 Å². The number of carbonyl (C=O) groups is 2. The number of hydrogen-bond acceptors (Lipinski definition) is 5. The molecule has 24 heavy (non-hydrogen) atoms. The number of rotatable bonds is 4. The van der Waals surface area contributed by atoms with Gasteiger partial charge in [0, 0.05) is 25.2 Å². The molecule has 8 nitrogen and oxygen atoms in total. The van der Waals surface area contributed by atoms with Crippen LogP contribution in [-0.4, -0.2) is 69.6 Å². The van der Waals surface area contributed by atoms with Gasteiger partial charge in [0.25, 0.3) is 0 Å². The number of H-pyrrole nitrogens is 1. The Kier molecular flexibility index (Phi) is 5.27. The lowest BCUT2D eigenvalue weighted by molar-refractivity contribution is -0.127. The quantitative estimate of drug-likeness (QED) is 0.542. The number of hydrogen-bond donors (Lipinski definition) is 4. The molecule has 0 aromatic carbocycles. The Hall–Kier alpha value is -2.19. The van der Waals surface area contributed by atoms with Crippen LogP contribution in [-0.2, 0) is 9.59 Å². The van der Waals surface area contributed by atoms with Crippen LogP contribution in [0, 0.1) is 0 Å². The van der Waals surface area contributed by atoms with Crippen molar-refractivity contribution in [2.75, 3.05) is 19.6 Å². The van der Waals surface area contributed by atoms with E-state index in [1.165, 1.54) is 6.08 Å². The molecule has 1 saturated heterocycles. The van der Waals surface area contributed by atoms with Gasteiger partial charge in [-0.2, -0.15) is 0 Å². The molecule has 3 atom stereocenters. The Morgan fingerprint density at radius 1 is 1.46 bits per heavy atom. The van der Waals surface area contributed by atoms with Gasteiger partial charge in [-0.25, -0.2) is 4.98 Å². The summed E-state index contributed by atoms with van der Waals surface area (Å²) in [5.41, 5.74) is 0.742. The highest BCUT2D eigenvalue weighted by Gasteiger charge is 2.37. The summed E-state index contributed by atoms with van der Waals surface area (Å²) in [7, 11) is 0. The Morgan fingerprint density at radius 3 is 3.08 bits per heavy atom. The van der Waals surface area contributed by atoms with Crippen LogP contribution in [0.15, 0.2) is 18.6 Å². The molecule has 0 unspecified atom stereocenters. The number of aliphatic hydroxyl groups is 1. The highest BCUT2D eigenvalue weighted by atomic mass is 16.3. The van der Waals surface area contributed by atoms with E-state index in [0.717, 1.165) is 31.5 Å². The van der Waals surface area contributed by atoms with Gasteiger partial charge in [-0.05, 0) is 25.3 Å².